The number of nitrogens with zero attached hydrogens (tertiary/aromatic N) is 3. The monoisotopic (exact) mass is 415 g/mol. The van der Waals surface area contributed by atoms with Gasteiger partial charge in [-0.05, 0) is 36.6 Å². The SMILES string of the molecule is COc1cccc(C(=O)N2CCN(C(=O)c3cc(SC)ccc3[N+](=O)[O-])CC2)c1. The van der Waals surface area contributed by atoms with E-state index in [-0.39, 0.29) is 23.1 Å². The zero-order valence-corrected chi connectivity index (χ0v) is 17.0. The Hall–Kier alpha value is -3.07. The molecule has 2 aromatic carbocycles. The van der Waals surface area contributed by atoms with Gasteiger partial charge in [0.25, 0.3) is 17.5 Å². The summed E-state index contributed by atoms with van der Waals surface area (Å²) in [4.78, 5) is 40.4. The quantitative estimate of drug-likeness (QED) is 0.423. The Balaban J connectivity index is 1.71. The van der Waals surface area contributed by atoms with E-state index in [2.05, 4.69) is 0 Å². The lowest BCUT2D eigenvalue weighted by molar-refractivity contribution is -0.385. The summed E-state index contributed by atoms with van der Waals surface area (Å²) in [5.74, 6) is 0.0816. The molecule has 8 nitrogen and oxygen atoms in total. The molecule has 0 N–H and O–H groups in total. The topological polar surface area (TPSA) is 93.0 Å². The van der Waals surface area contributed by atoms with Crippen LogP contribution in [0.15, 0.2) is 47.4 Å². The minimum atomic E-state index is -0.542. The van der Waals surface area contributed by atoms with Crippen LogP contribution in [-0.4, -0.2) is 66.1 Å². The Morgan fingerprint density at radius 1 is 1.03 bits per heavy atom. The van der Waals surface area contributed by atoms with Crippen molar-refractivity contribution in [3.05, 3.63) is 63.7 Å². The number of amides is 2. The molecular weight excluding hydrogens is 394 g/mol. The Kier molecular flexibility index (Phi) is 6.38. The lowest BCUT2D eigenvalue weighted by Crippen LogP contribution is -2.50. The molecule has 2 aromatic rings. The van der Waals surface area contributed by atoms with Crippen molar-refractivity contribution in [2.24, 2.45) is 0 Å². The van der Waals surface area contributed by atoms with Crippen molar-refractivity contribution in [1.82, 2.24) is 9.80 Å². The van der Waals surface area contributed by atoms with Crippen molar-refractivity contribution < 1.29 is 19.2 Å². The van der Waals surface area contributed by atoms with E-state index in [0.29, 0.717) is 37.5 Å². The molecular formula is C20H21N3O5S. The summed E-state index contributed by atoms with van der Waals surface area (Å²) in [5, 5.41) is 11.3. The zero-order chi connectivity index (χ0) is 21.0. The summed E-state index contributed by atoms with van der Waals surface area (Å²) in [6, 6.07) is 11.5. The molecule has 1 aliphatic heterocycles. The average Bonchev–Trinajstić information content (AvgIpc) is 2.77. The van der Waals surface area contributed by atoms with Crippen LogP contribution in [0, 0.1) is 10.1 Å². The molecule has 1 heterocycles. The van der Waals surface area contributed by atoms with Crippen LogP contribution in [0.25, 0.3) is 0 Å². The van der Waals surface area contributed by atoms with Gasteiger partial charge in [-0.2, -0.15) is 0 Å². The average molecular weight is 415 g/mol. The predicted molar refractivity (Wildman–Crippen MR) is 110 cm³/mol. The number of ether oxygens (including phenoxy) is 1. The molecule has 0 unspecified atom stereocenters. The van der Waals surface area contributed by atoms with Crippen molar-refractivity contribution in [1.29, 1.82) is 0 Å². The van der Waals surface area contributed by atoms with Gasteiger partial charge in [0.05, 0.1) is 12.0 Å². The first-order chi connectivity index (χ1) is 13.9. The second-order valence-corrected chi connectivity index (χ2v) is 7.34. The van der Waals surface area contributed by atoms with Crippen LogP contribution in [-0.2, 0) is 0 Å². The molecule has 1 saturated heterocycles. The molecule has 0 aromatic heterocycles. The smallest absolute Gasteiger partial charge is 0.282 e. The number of nitro groups is 1. The van der Waals surface area contributed by atoms with Crippen molar-refractivity contribution in [2.45, 2.75) is 4.90 Å². The summed E-state index contributed by atoms with van der Waals surface area (Å²) in [5.41, 5.74) is 0.393. The van der Waals surface area contributed by atoms with Gasteiger partial charge in [-0.3, -0.25) is 19.7 Å². The first kappa shape index (κ1) is 20.7. The number of methoxy groups -OCH3 is 1. The molecule has 1 fully saturated rings. The largest absolute Gasteiger partial charge is 0.497 e. The second-order valence-electron chi connectivity index (χ2n) is 6.46. The molecule has 29 heavy (non-hydrogen) atoms. The molecule has 1 aliphatic rings. The van der Waals surface area contributed by atoms with E-state index in [4.69, 9.17) is 4.74 Å². The highest BCUT2D eigenvalue weighted by Crippen LogP contribution is 2.26. The Labute approximate surface area is 172 Å². The van der Waals surface area contributed by atoms with Gasteiger partial charge in [-0.15, -0.1) is 11.8 Å². The number of benzene rings is 2. The first-order valence-corrected chi connectivity index (χ1v) is 10.2. The Morgan fingerprint density at radius 2 is 1.69 bits per heavy atom. The number of carbonyl (C=O) groups excluding carboxylic acids is 2. The maximum atomic E-state index is 12.9. The third-order valence-electron chi connectivity index (χ3n) is 4.80. The molecule has 152 valence electrons. The fraction of sp³-hybridized carbons (Fsp3) is 0.300. The summed E-state index contributed by atoms with van der Waals surface area (Å²) < 4.78 is 5.16. The first-order valence-electron chi connectivity index (χ1n) is 8.99. The number of hydrogen-bond acceptors (Lipinski definition) is 6. The van der Waals surface area contributed by atoms with E-state index in [1.165, 1.54) is 17.8 Å². The summed E-state index contributed by atoms with van der Waals surface area (Å²) in [6.07, 6.45) is 1.85. The van der Waals surface area contributed by atoms with Gasteiger partial charge >= 0.3 is 0 Å². The van der Waals surface area contributed by atoms with E-state index in [9.17, 15) is 19.7 Å². The normalized spacial score (nSPS) is 13.9. The molecule has 0 atom stereocenters. The van der Waals surface area contributed by atoms with Crippen molar-refractivity contribution >= 4 is 29.3 Å². The van der Waals surface area contributed by atoms with Crippen LogP contribution in [0.2, 0.25) is 0 Å². The van der Waals surface area contributed by atoms with E-state index in [1.807, 2.05) is 6.26 Å². The van der Waals surface area contributed by atoms with E-state index < -0.39 is 4.92 Å². The zero-order valence-electron chi connectivity index (χ0n) is 16.2. The van der Waals surface area contributed by atoms with Crippen molar-refractivity contribution in [3.63, 3.8) is 0 Å². The van der Waals surface area contributed by atoms with E-state index in [1.54, 1.807) is 53.3 Å². The standard InChI is InChI=1S/C20H21N3O5S/c1-28-15-5-3-4-14(12-15)19(24)21-8-10-22(11-9-21)20(25)17-13-16(29-2)6-7-18(17)23(26)27/h3-7,12-13H,8-11H2,1-2H3. The van der Waals surface area contributed by atoms with Crippen molar-refractivity contribution in [3.8, 4) is 5.75 Å². The fourth-order valence-electron chi connectivity index (χ4n) is 3.19. The minimum absolute atomic E-state index is 0.0782. The highest BCUT2D eigenvalue weighted by atomic mass is 32.2. The van der Waals surface area contributed by atoms with E-state index in [0.717, 1.165) is 4.90 Å². The van der Waals surface area contributed by atoms with Crippen LogP contribution in [0.4, 0.5) is 5.69 Å². The molecule has 0 bridgehead atoms. The Morgan fingerprint density at radius 3 is 2.28 bits per heavy atom. The van der Waals surface area contributed by atoms with Gasteiger partial charge in [0.2, 0.25) is 0 Å². The summed E-state index contributed by atoms with van der Waals surface area (Å²) in [7, 11) is 1.54. The predicted octanol–water partition coefficient (Wildman–Crippen LogP) is 2.92. The number of hydrogen-bond donors (Lipinski definition) is 0. The molecule has 0 spiro atoms. The summed E-state index contributed by atoms with van der Waals surface area (Å²) in [6.45, 7) is 1.35. The highest BCUT2D eigenvalue weighted by molar-refractivity contribution is 7.98. The van der Waals surface area contributed by atoms with Gasteiger partial charge in [-0.1, -0.05) is 6.07 Å². The highest BCUT2D eigenvalue weighted by Gasteiger charge is 2.29. The molecule has 0 aliphatic carbocycles. The number of carbonyl (C=O) groups is 2. The number of nitro benzene ring substituents is 1. The van der Waals surface area contributed by atoms with Gasteiger partial charge in [0.15, 0.2) is 0 Å². The van der Waals surface area contributed by atoms with Crippen LogP contribution >= 0.6 is 11.8 Å². The van der Waals surface area contributed by atoms with Crippen molar-refractivity contribution in [2.75, 3.05) is 39.5 Å². The molecule has 0 radical (unpaired) electrons. The van der Waals surface area contributed by atoms with Crippen LogP contribution < -0.4 is 4.74 Å². The van der Waals surface area contributed by atoms with E-state index >= 15 is 0 Å². The van der Waals surface area contributed by atoms with Gasteiger partial charge in [0.1, 0.15) is 11.3 Å². The van der Waals surface area contributed by atoms with Gasteiger partial charge in [-0.25, -0.2) is 0 Å². The third-order valence-corrected chi connectivity index (χ3v) is 5.53. The number of thioether (sulfide) groups is 1. The van der Waals surface area contributed by atoms with Crippen LogP contribution in [0.1, 0.15) is 20.7 Å². The third kappa shape index (κ3) is 4.51. The number of rotatable bonds is 5. The lowest BCUT2D eigenvalue weighted by atomic mass is 10.1. The van der Waals surface area contributed by atoms with Gasteiger partial charge in [0, 0.05) is 42.7 Å². The maximum Gasteiger partial charge on any atom is 0.282 e. The Bertz CT molecular complexity index is 941. The van der Waals surface area contributed by atoms with Gasteiger partial charge < -0.3 is 14.5 Å². The second kappa shape index (κ2) is 8.95. The maximum absolute atomic E-state index is 12.9. The lowest BCUT2D eigenvalue weighted by Gasteiger charge is -2.34. The molecule has 9 heteroatoms. The summed E-state index contributed by atoms with van der Waals surface area (Å²) >= 11 is 1.42. The molecule has 0 saturated carbocycles. The van der Waals surface area contributed by atoms with Crippen LogP contribution in [0.3, 0.4) is 0 Å². The fourth-order valence-corrected chi connectivity index (χ4v) is 3.63. The molecule has 3 rings (SSSR count). The van der Waals surface area contributed by atoms with Crippen LogP contribution in [0.5, 0.6) is 5.75 Å². The molecule has 2 amide bonds. The minimum Gasteiger partial charge on any atom is -0.497 e. The number of piperazine rings is 1.